The first kappa shape index (κ1) is 14.6. The van der Waals surface area contributed by atoms with Crippen LogP contribution in [0.25, 0.3) is 16.8 Å². The van der Waals surface area contributed by atoms with Gasteiger partial charge in [-0.05, 0) is 29.8 Å². The Morgan fingerprint density at radius 1 is 1.15 bits per heavy atom. The van der Waals surface area contributed by atoms with E-state index in [-0.39, 0.29) is 0 Å². The van der Waals surface area contributed by atoms with Crippen molar-refractivity contribution >= 4 is 16.8 Å². The molecule has 20 heavy (non-hydrogen) atoms. The summed E-state index contributed by atoms with van der Waals surface area (Å²) in [4.78, 5) is 0. The first-order valence-corrected chi connectivity index (χ1v) is 7.26. The number of nitrogens with one attached hydrogen (secondary N) is 1. The molecule has 2 aromatic rings. The number of fused-ring (bicyclic) bond motifs is 1. The molecular weight excluding hydrogens is 246 g/mol. The summed E-state index contributed by atoms with van der Waals surface area (Å²) in [7, 11) is 1.73. The quantitative estimate of drug-likeness (QED) is 0.846. The van der Waals surface area contributed by atoms with E-state index < -0.39 is 0 Å². The van der Waals surface area contributed by atoms with E-state index in [1.54, 1.807) is 7.11 Å². The Labute approximate surface area is 121 Å². The Kier molecular flexibility index (Phi) is 5.19. The molecule has 106 valence electrons. The molecule has 0 bridgehead atoms. The maximum Gasteiger partial charge on any atom is 0.126 e. The number of hydrogen-bond acceptors (Lipinski definition) is 2. The van der Waals surface area contributed by atoms with E-state index in [0.29, 0.717) is 0 Å². The Bertz CT molecular complexity index is 601. The minimum atomic E-state index is 0.930. The summed E-state index contributed by atoms with van der Waals surface area (Å²) in [6.45, 7) is 6.25. The van der Waals surface area contributed by atoms with Gasteiger partial charge in [0.2, 0.25) is 0 Å². The second-order valence-electron chi connectivity index (χ2n) is 4.84. The molecule has 0 fully saturated rings. The summed E-state index contributed by atoms with van der Waals surface area (Å²) >= 11 is 0. The van der Waals surface area contributed by atoms with Gasteiger partial charge in [-0.25, -0.2) is 0 Å². The monoisotopic (exact) mass is 269 g/mol. The van der Waals surface area contributed by atoms with Crippen molar-refractivity contribution in [3.05, 3.63) is 47.5 Å². The number of hydrogen-bond donors (Lipinski definition) is 1. The van der Waals surface area contributed by atoms with Gasteiger partial charge in [0.15, 0.2) is 0 Å². The highest BCUT2D eigenvalue weighted by Gasteiger charge is 2.06. The third kappa shape index (κ3) is 3.20. The van der Waals surface area contributed by atoms with Crippen LogP contribution >= 0.6 is 0 Å². The van der Waals surface area contributed by atoms with Gasteiger partial charge in [-0.2, -0.15) is 0 Å². The highest BCUT2D eigenvalue weighted by molar-refractivity contribution is 5.93. The Hall–Kier alpha value is -1.80. The molecule has 2 heteroatoms. The van der Waals surface area contributed by atoms with Gasteiger partial charge in [-0.1, -0.05) is 55.8 Å². The van der Waals surface area contributed by atoms with Crippen molar-refractivity contribution in [1.29, 1.82) is 0 Å². The van der Waals surface area contributed by atoms with E-state index in [1.165, 1.54) is 21.9 Å². The number of methoxy groups -OCH3 is 1. The molecule has 0 aliphatic rings. The molecule has 0 aliphatic heterocycles. The third-order valence-electron chi connectivity index (χ3n) is 3.56. The molecule has 1 N–H and O–H groups in total. The lowest BCUT2D eigenvalue weighted by molar-refractivity contribution is 0.414. The van der Waals surface area contributed by atoms with Crippen molar-refractivity contribution in [2.75, 3.05) is 20.2 Å². The molecular formula is C18H23NO. The van der Waals surface area contributed by atoms with Gasteiger partial charge in [-0.15, -0.1) is 0 Å². The predicted molar refractivity (Wildman–Crippen MR) is 87.3 cm³/mol. The number of ether oxygens (including phenoxy) is 1. The molecule has 0 atom stereocenters. The molecule has 2 nitrogen and oxygen atoms in total. The van der Waals surface area contributed by atoms with Crippen LogP contribution in [0.15, 0.2) is 42.0 Å². The van der Waals surface area contributed by atoms with Crippen LogP contribution in [-0.4, -0.2) is 20.2 Å². The second kappa shape index (κ2) is 7.11. The van der Waals surface area contributed by atoms with E-state index >= 15 is 0 Å². The largest absolute Gasteiger partial charge is 0.496 e. The van der Waals surface area contributed by atoms with Crippen LogP contribution < -0.4 is 10.1 Å². The fraction of sp³-hybridized carbons (Fsp3) is 0.333. The average molecular weight is 269 g/mol. The molecule has 0 saturated heterocycles. The van der Waals surface area contributed by atoms with Crippen molar-refractivity contribution in [3.63, 3.8) is 0 Å². The first-order valence-electron chi connectivity index (χ1n) is 7.26. The van der Waals surface area contributed by atoms with E-state index in [4.69, 9.17) is 4.74 Å². The van der Waals surface area contributed by atoms with Crippen LogP contribution in [0.4, 0.5) is 0 Å². The zero-order chi connectivity index (χ0) is 14.4. The number of likely N-dealkylation sites (N-methyl/N-ethyl adjacent to an activating group) is 1. The van der Waals surface area contributed by atoms with Crippen LogP contribution in [0.3, 0.4) is 0 Å². The van der Waals surface area contributed by atoms with Crippen LogP contribution in [-0.2, 0) is 0 Å². The normalized spacial score (nSPS) is 11.8. The first-order chi connectivity index (χ1) is 9.80. The fourth-order valence-corrected chi connectivity index (χ4v) is 2.37. The Morgan fingerprint density at radius 3 is 2.65 bits per heavy atom. The van der Waals surface area contributed by atoms with E-state index in [0.717, 1.165) is 25.3 Å². The molecule has 0 aromatic heterocycles. The molecule has 2 rings (SSSR count). The standard InChI is InChI=1S/C18H23NO/c1-4-14(13-19-5-2)12-17-16-9-7-6-8-15(16)10-11-18(17)20-3/h6-12,19H,4-5,13H2,1-3H3. The van der Waals surface area contributed by atoms with Crippen LogP contribution in [0.5, 0.6) is 5.75 Å². The SMILES string of the molecule is CCNCC(=Cc1c(OC)ccc2ccccc12)CC. The number of benzene rings is 2. The van der Waals surface area contributed by atoms with Crippen LogP contribution in [0.1, 0.15) is 25.8 Å². The van der Waals surface area contributed by atoms with Crippen molar-refractivity contribution < 1.29 is 4.74 Å². The van der Waals surface area contributed by atoms with Gasteiger partial charge in [0.1, 0.15) is 5.75 Å². The highest BCUT2D eigenvalue weighted by Crippen LogP contribution is 2.30. The smallest absolute Gasteiger partial charge is 0.126 e. The summed E-state index contributed by atoms with van der Waals surface area (Å²) < 4.78 is 5.54. The third-order valence-corrected chi connectivity index (χ3v) is 3.56. The lowest BCUT2D eigenvalue weighted by Crippen LogP contribution is -2.15. The number of rotatable bonds is 6. The zero-order valence-corrected chi connectivity index (χ0v) is 12.6. The van der Waals surface area contributed by atoms with Crippen molar-refractivity contribution in [2.45, 2.75) is 20.3 Å². The van der Waals surface area contributed by atoms with E-state index in [1.807, 2.05) is 0 Å². The predicted octanol–water partition coefficient (Wildman–Crippen LogP) is 4.25. The fourth-order valence-electron chi connectivity index (χ4n) is 2.37. The molecule has 0 amide bonds. The van der Waals surface area contributed by atoms with Crippen molar-refractivity contribution in [3.8, 4) is 5.75 Å². The van der Waals surface area contributed by atoms with Gasteiger partial charge in [0.05, 0.1) is 7.11 Å². The summed E-state index contributed by atoms with van der Waals surface area (Å²) in [6.07, 6.45) is 3.31. The minimum absolute atomic E-state index is 0.930. The molecule has 0 heterocycles. The molecule has 2 aromatic carbocycles. The topological polar surface area (TPSA) is 21.3 Å². The molecule has 0 spiro atoms. The molecule has 0 saturated carbocycles. The lowest BCUT2D eigenvalue weighted by Gasteiger charge is -2.11. The van der Waals surface area contributed by atoms with Gasteiger partial charge in [0, 0.05) is 12.1 Å². The highest BCUT2D eigenvalue weighted by atomic mass is 16.5. The van der Waals surface area contributed by atoms with Crippen LogP contribution in [0, 0.1) is 0 Å². The Balaban J connectivity index is 2.52. The van der Waals surface area contributed by atoms with Gasteiger partial charge in [-0.3, -0.25) is 0 Å². The lowest BCUT2D eigenvalue weighted by atomic mass is 10.0. The van der Waals surface area contributed by atoms with Crippen LogP contribution in [0.2, 0.25) is 0 Å². The average Bonchev–Trinajstić information content (AvgIpc) is 2.51. The van der Waals surface area contributed by atoms with E-state index in [2.05, 4.69) is 61.6 Å². The zero-order valence-electron chi connectivity index (χ0n) is 12.6. The van der Waals surface area contributed by atoms with Crippen molar-refractivity contribution in [2.24, 2.45) is 0 Å². The van der Waals surface area contributed by atoms with E-state index in [9.17, 15) is 0 Å². The Morgan fingerprint density at radius 2 is 1.95 bits per heavy atom. The second-order valence-corrected chi connectivity index (χ2v) is 4.84. The molecule has 0 aliphatic carbocycles. The maximum atomic E-state index is 5.54. The summed E-state index contributed by atoms with van der Waals surface area (Å²) in [5.41, 5.74) is 2.57. The summed E-state index contributed by atoms with van der Waals surface area (Å²) in [5.74, 6) is 0.936. The van der Waals surface area contributed by atoms with Gasteiger partial charge < -0.3 is 10.1 Å². The maximum absolute atomic E-state index is 5.54. The van der Waals surface area contributed by atoms with Crippen molar-refractivity contribution in [1.82, 2.24) is 5.32 Å². The van der Waals surface area contributed by atoms with Gasteiger partial charge in [0.25, 0.3) is 0 Å². The molecule has 0 radical (unpaired) electrons. The summed E-state index contributed by atoms with van der Waals surface area (Å²) in [5, 5.41) is 5.89. The molecule has 0 unspecified atom stereocenters. The minimum Gasteiger partial charge on any atom is -0.496 e. The van der Waals surface area contributed by atoms with Gasteiger partial charge >= 0.3 is 0 Å². The summed E-state index contributed by atoms with van der Waals surface area (Å²) in [6, 6.07) is 12.6.